The second-order valence-corrected chi connectivity index (χ2v) is 5.58. The van der Waals surface area contributed by atoms with Crippen molar-refractivity contribution >= 4 is 28.1 Å². The molecule has 22 heavy (non-hydrogen) atoms. The second kappa shape index (κ2) is 7.88. The van der Waals surface area contributed by atoms with Crippen molar-refractivity contribution in [2.24, 2.45) is 0 Å². The summed E-state index contributed by atoms with van der Waals surface area (Å²) in [4.78, 5) is 17.9. The van der Waals surface area contributed by atoms with Gasteiger partial charge < -0.3 is 20.4 Å². The number of anilines is 2. The molecule has 0 aliphatic rings. The molecule has 0 atom stereocenters. The predicted molar refractivity (Wildman–Crippen MR) is 86.7 cm³/mol. The largest absolute Gasteiger partial charge is 0.395 e. The Kier molecular flexibility index (Phi) is 5.88. The molecule has 0 aliphatic carbocycles. The number of rotatable bonds is 7. The zero-order valence-electron chi connectivity index (χ0n) is 12.3. The van der Waals surface area contributed by atoms with Gasteiger partial charge in [-0.2, -0.15) is 0 Å². The molecule has 0 aliphatic heterocycles. The number of aryl methyl sites for hydroxylation is 1. The summed E-state index contributed by atoms with van der Waals surface area (Å²) >= 11 is 1.34. The van der Waals surface area contributed by atoms with Crippen LogP contribution in [0.3, 0.4) is 0 Å². The van der Waals surface area contributed by atoms with Crippen LogP contribution < -0.4 is 5.32 Å². The van der Waals surface area contributed by atoms with Crippen molar-refractivity contribution in [3.63, 3.8) is 0 Å². The molecule has 0 spiro atoms. The predicted octanol–water partition coefficient (Wildman–Crippen LogP) is 1.62. The molecule has 118 valence electrons. The van der Waals surface area contributed by atoms with Crippen molar-refractivity contribution in [1.29, 1.82) is 0 Å². The van der Waals surface area contributed by atoms with Gasteiger partial charge >= 0.3 is 0 Å². The maximum Gasteiger partial charge on any atom is 0.273 e. The lowest BCUT2D eigenvalue weighted by Gasteiger charge is -2.19. The number of aliphatic hydroxyl groups is 2. The lowest BCUT2D eigenvalue weighted by molar-refractivity contribution is 0.0680. The minimum atomic E-state index is -0.294. The number of amides is 1. The van der Waals surface area contributed by atoms with Gasteiger partial charge in [0, 0.05) is 24.2 Å². The van der Waals surface area contributed by atoms with Crippen molar-refractivity contribution in [2.45, 2.75) is 6.92 Å². The molecule has 1 amide bonds. The van der Waals surface area contributed by atoms with Gasteiger partial charge in [0.05, 0.1) is 13.2 Å². The summed E-state index contributed by atoms with van der Waals surface area (Å²) in [5.41, 5.74) is 2.34. The average molecular weight is 321 g/mol. The third kappa shape index (κ3) is 4.03. The Balaban J connectivity index is 2.10. The Hall–Kier alpha value is -1.96. The molecular formula is C15H19N3O3S. The highest BCUT2D eigenvalue weighted by Gasteiger charge is 2.18. The van der Waals surface area contributed by atoms with Crippen LogP contribution in [-0.4, -0.2) is 52.3 Å². The SMILES string of the molecule is Cc1ccccc1Nc1nc(C(=O)N(CCO)CCO)cs1. The first-order valence-electron chi connectivity index (χ1n) is 6.95. The highest BCUT2D eigenvalue weighted by molar-refractivity contribution is 7.14. The molecular weight excluding hydrogens is 302 g/mol. The number of hydrogen-bond donors (Lipinski definition) is 3. The van der Waals surface area contributed by atoms with E-state index in [0.717, 1.165) is 11.3 Å². The summed E-state index contributed by atoms with van der Waals surface area (Å²) in [5, 5.41) is 23.5. The van der Waals surface area contributed by atoms with Crippen molar-refractivity contribution in [1.82, 2.24) is 9.88 Å². The number of nitrogens with one attached hydrogen (secondary N) is 1. The number of aliphatic hydroxyl groups excluding tert-OH is 2. The van der Waals surface area contributed by atoms with Gasteiger partial charge in [-0.05, 0) is 18.6 Å². The van der Waals surface area contributed by atoms with Gasteiger partial charge in [0.15, 0.2) is 5.13 Å². The molecule has 7 heteroatoms. The van der Waals surface area contributed by atoms with E-state index in [1.807, 2.05) is 31.2 Å². The molecule has 0 saturated heterocycles. The lowest BCUT2D eigenvalue weighted by atomic mass is 10.2. The number of nitrogens with zero attached hydrogens (tertiary/aromatic N) is 2. The van der Waals surface area contributed by atoms with Gasteiger partial charge in [0.2, 0.25) is 0 Å². The fourth-order valence-corrected chi connectivity index (χ4v) is 2.67. The van der Waals surface area contributed by atoms with Crippen LogP contribution in [0.25, 0.3) is 0 Å². The molecule has 6 nitrogen and oxygen atoms in total. The molecule has 1 aromatic carbocycles. The number of carbonyl (C=O) groups excluding carboxylic acids is 1. The molecule has 0 saturated carbocycles. The van der Waals surface area contributed by atoms with E-state index in [-0.39, 0.29) is 32.2 Å². The van der Waals surface area contributed by atoms with Crippen LogP contribution in [0.5, 0.6) is 0 Å². The van der Waals surface area contributed by atoms with E-state index in [1.165, 1.54) is 16.2 Å². The van der Waals surface area contributed by atoms with Crippen LogP contribution in [0, 0.1) is 6.92 Å². The average Bonchev–Trinajstić information content (AvgIpc) is 2.97. The van der Waals surface area contributed by atoms with E-state index >= 15 is 0 Å². The Morgan fingerprint density at radius 2 is 1.95 bits per heavy atom. The highest BCUT2D eigenvalue weighted by Crippen LogP contribution is 2.23. The minimum absolute atomic E-state index is 0.149. The zero-order valence-corrected chi connectivity index (χ0v) is 13.1. The first-order chi connectivity index (χ1) is 10.7. The van der Waals surface area contributed by atoms with Crippen molar-refractivity contribution in [3.05, 3.63) is 40.9 Å². The Morgan fingerprint density at radius 1 is 1.27 bits per heavy atom. The van der Waals surface area contributed by atoms with Crippen LogP contribution in [0.4, 0.5) is 10.8 Å². The van der Waals surface area contributed by atoms with Gasteiger partial charge in [-0.1, -0.05) is 18.2 Å². The van der Waals surface area contributed by atoms with Gasteiger partial charge in [-0.15, -0.1) is 11.3 Å². The molecule has 0 fully saturated rings. The number of carbonyl (C=O) groups is 1. The number of thiazole rings is 1. The van der Waals surface area contributed by atoms with E-state index in [9.17, 15) is 4.79 Å². The standard InChI is InChI=1S/C15H19N3O3S/c1-11-4-2-3-5-12(11)16-15-17-13(10-22-15)14(21)18(6-8-19)7-9-20/h2-5,10,19-20H,6-9H2,1H3,(H,16,17). The highest BCUT2D eigenvalue weighted by atomic mass is 32.1. The first kappa shape index (κ1) is 16.4. The van der Waals surface area contributed by atoms with Crippen molar-refractivity contribution in [3.8, 4) is 0 Å². The van der Waals surface area contributed by atoms with E-state index < -0.39 is 0 Å². The molecule has 1 aromatic heterocycles. The van der Waals surface area contributed by atoms with E-state index in [4.69, 9.17) is 10.2 Å². The number of aromatic nitrogens is 1. The van der Waals surface area contributed by atoms with Gasteiger partial charge in [0.1, 0.15) is 5.69 Å². The van der Waals surface area contributed by atoms with Crippen LogP contribution in [0.15, 0.2) is 29.6 Å². The summed E-state index contributed by atoms with van der Waals surface area (Å²) in [5.74, 6) is -0.294. The number of benzene rings is 1. The fourth-order valence-electron chi connectivity index (χ4n) is 1.98. The maximum absolute atomic E-state index is 12.3. The monoisotopic (exact) mass is 321 g/mol. The molecule has 2 rings (SSSR count). The van der Waals surface area contributed by atoms with Crippen molar-refractivity contribution in [2.75, 3.05) is 31.6 Å². The normalized spacial score (nSPS) is 10.5. The lowest BCUT2D eigenvalue weighted by Crippen LogP contribution is -2.36. The molecule has 0 unspecified atom stereocenters. The van der Waals surface area contributed by atoms with E-state index in [2.05, 4.69) is 10.3 Å². The maximum atomic E-state index is 12.3. The molecule has 0 radical (unpaired) electrons. The Labute approximate surface area is 133 Å². The molecule has 2 aromatic rings. The quantitative estimate of drug-likeness (QED) is 0.721. The molecule has 3 N–H and O–H groups in total. The fraction of sp³-hybridized carbons (Fsp3) is 0.333. The third-order valence-electron chi connectivity index (χ3n) is 3.14. The molecule has 1 heterocycles. The summed E-state index contributed by atoms with van der Waals surface area (Å²) in [6.45, 7) is 2.05. The van der Waals surface area contributed by atoms with Gasteiger partial charge in [-0.3, -0.25) is 4.79 Å². The first-order valence-corrected chi connectivity index (χ1v) is 7.83. The smallest absolute Gasteiger partial charge is 0.273 e. The Bertz CT molecular complexity index is 624. The van der Waals surface area contributed by atoms with Crippen LogP contribution in [0.2, 0.25) is 0 Å². The van der Waals surface area contributed by atoms with E-state index in [1.54, 1.807) is 5.38 Å². The third-order valence-corrected chi connectivity index (χ3v) is 3.89. The number of para-hydroxylation sites is 1. The van der Waals surface area contributed by atoms with Crippen LogP contribution >= 0.6 is 11.3 Å². The zero-order chi connectivity index (χ0) is 15.9. The van der Waals surface area contributed by atoms with E-state index in [0.29, 0.717) is 10.8 Å². The topological polar surface area (TPSA) is 85.7 Å². The van der Waals surface area contributed by atoms with Crippen LogP contribution in [-0.2, 0) is 0 Å². The number of hydrogen-bond acceptors (Lipinski definition) is 6. The molecule has 0 bridgehead atoms. The van der Waals surface area contributed by atoms with Crippen molar-refractivity contribution < 1.29 is 15.0 Å². The van der Waals surface area contributed by atoms with Gasteiger partial charge in [0.25, 0.3) is 5.91 Å². The van der Waals surface area contributed by atoms with Gasteiger partial charge in [-0.25, -0.2) is 4.98 Å². The summed E-state index contributed by atoms with van der Waals surface area (Å²) in [6.07, 6.45) is 0. The summed E-state index contributed by atoms with van der Waals surface area (Å²) in [7, 11) is 0. The van der Waals surface area contributed by atoms with Crippen LogP contribution in [0.1, 0.15) is 16.1 Å². The minimum Gasteiger partial charge on any atom is -0.395 e. The summed E-state index contributed by atoms with van der Waals surface area (Å²) in [6, 6.07) is 7.83. The Morgan fingerprint density at radius 3 is 2.59 bits per heavy atom. The second-order valence-electron chi connectivity index (χ2n) is 4.72. The summed E-state index contributed by atoms with van der Waals surface area (Å²) < 4.78 is 0.